The van der Waals surface area contributed by atoms with Gasteiger partial charge < -0.3 is 10.1 Å². The average molecular weight is 314 g/mol. The van der Waals surface area contributed by atoms with E-state index in [1.807, 2.05) is 18.3 Å². The maximum absolute atomic E-state index is 12.5. The zero-order valence-electron chi connectivity index (χ0n) is 13.3. The number of ether oxygens (including phenoxy) is 1. The van der Waals surface area contributed by atoms with E-state index in [4.69, 9.17) is 4.74 Å². The molecule has 2 aromatic heterocycles. The summed E-state index contributed by atoms with van der Waals surface area (Å²) in [5.74, 6) is -0.0442. The smallest absolute Gasteiger partial charge is 0.230 e. The lowest BCUT2D eigenvalue weighted by Gasteiger charge is -2.29. The lowest BCUT2D eigenvalue weighted by Crippen LogP contribution is -2.37. The Labute approximate surface area is 135 Å². The predicted molar refractivity (Wildman–Crippen MR) is 87.0 cm³/mol. The van der Waals surface area contributed by atoms with E-state index in [0.29, 0.717) is 6.54 Å². The van der Waals surface area contributed by atoms with Crippen LogP contribution in [0.2, 0.25) is 0 Å². The monoisotopic (exact) mass is 314 g/mol. The van der Waals surface area contributed by atoms with Crippen molar-refractivity contribution in [1.29, 1.82) is 0 Å². The highest BCUT2D eigenvalue weighted by atomic mass is 16.5. The Kier molecular flexibility index (Phi) is 5.02. The molecule has 0 spiro atoms. The van der Waals surface area contributed by atoms with E-state index in [2.05, 4.69) is 22.3 Å². The molecule has 2 aromatic rings. The first-order valence-electron chi connectivity index (χ1n) is 8.10. The minimum atomic E-state index is -0.0719. The number of amides is 1. The largest absolute Gasteiger partial charge is 0.377 e. The number of carbonyl (C=O) groups excluding carboxylic acids is 1. The predicted octanol–water partition coefficient (Wildman–Crippen LogP) is 2.47. The van der Waals surface area contributed by atoms with Crippen molar-refractivity contribution >= 4 is 11.6 Å². The van der Waals surface area contributed by atoms with Gasteiger partial charge in [0.2, 0.25) is 5.91 Å². The quantitative estimate of drug-likeness (QED) is 0.920. The topological polar surface area (TPSA) is 69.0 Å². The van der Waals surface area contributed by atoms with Crippen LogP contribution in [0.3, 0.4) is 0 Å². The van der Waals surface area contributed by atoms with Crippen LogP contribution in [0.25, 0.3) is 0 Å². The lowest BCUT2D eigenvalue weighted by atomic mass is 9.92. The van der Waals surface area contributed by atoms with Gasteiger partial charge in [-0.2, -0.15) is 5.10 Å². The Morgan fingerprint density at radius 2 is 2.26 bits per heavy atom. The first-order valence-corrected chi connectivity index (χ1v) is 8.10. The zero-order valence-corrected chi connectivity index (χ0v) is 13.3. The molecule has 6 nitrogen and oxygen atoms in total. The molecule has 0 aliphatic carbocycles. The van der Waals surface area contributed by atoms with Gasteiger partial charge in [0.25, 0.3) is 0 Å². The van der Waals surface area contributed by atoms with Crippen molar-refractivity contribution in [3.8, 4) is 0 Å². The van der Waals surface area contributed by atoms with Crippen molar-refractivity contribution < 1.29 is 9.53 Å². The van der Waals surface area contributed by atoms with E-state index in [1.165, 1.54) is 0 Å². The van der Waals surface area contributed by atoms with Gasteiger partial charge in [0.15, 0.2) is 0 Å². The molecule has 1 saturated heterocycles. The third kappa shape index (κ3) is 3.96. The van der Waals surface area contributed by atoms with Crippen LogP contribution < -0.4 is 5.32 Å². The summed E-state index contributed by atoms with van der Waals surface area (Å²) in [5, 5.41) is 7.27. The molecule has 0 bridgehead atoms. The summed E-state index contributed by atoms with van der Waals surface area (Å²) in [4.78, 5) is 16.5. The molecule has 3 heterocycles. The molecule has 122 valence electrons. The van der Waals surface area contributed by atoms with E-state index in [1.54, 1.807) is 23.3 Å². The lowest BCUT2D eigenvalue weighted by molar-refractivity contribution is -0.129. The highest BCUT2D eigenvalue weighted by molar-refractivity contribution is 5.92. The number of pyridine rings is 1. The van der Waals surface area contributed by atoms with Gasteiger partial charge in [-0.05, 0) is 37.0 Å². The molecule has 1 N–H and O–H groups in total. The Balaban J connectivity index is 1.61. The SMILES string of the molecule is CCC1OCCCC1C(=O)Nc1cnn(Cc2ccncc2)c1. The summed E-state index contributed by atoms with van der Waals surface area (Å²) in [6, 6.07) is 3.90. The van der Waals surface area contributed by atoms with Gasteiger partial charge in [0, 0.05) is 25.2 Å². The first-order chi connectivity index (χ1) is 11.3. The maximum Gasteiger partial charge on any atom is 0.230 e. The molecule has 1 amide bonds. The standard InChI is InChI=1S/C17H22N4O2/c1-2-16-15(4-3-9-23-16)17(22)20-14-10-19-21(12-14)11-13-5-7-18-8-6-13/h5-8,10,12,15-16H,2-4,9,11H2,1H3,(H,20,22). The molecule has 1 fully saturated rings. The van der Waals surface area contributed by atoms with E-state index < -0.39 is 0 Å². The van der Waals surface area contributed by atoms with E-state index >= 15 is 0 Å². The van der Waals surface area contributed by atoms with Gasteiger partial charge >= 0.3 is 0 Å². The third-order valence-corrected chi connectivity index (χ3v) is 4.17. The van der Waals surface area contributed by atoms with Gasteiger partial charge in [-0.25, -0.2) is 0 Å². The highest BCUT2D eigenvalue weighted by Gasteiger charge is 2.30. The Morgan fingerprint density at radius 3 is 3.04 bits per heavy atom. The molecule has 0 radical (unpaired) electrons. The maximum atomic E-state index is 12.5. The van der Waals surface area contributed by atoms with Crippen molar-refractivity contribution in [2.75, 3.05) is 11.9 Å². The van der Waals surface area contributed by atoms with Crippen LogP contribution in [0.15, 0.2) is 36.9 Å². The van der Waals surface area contributed by atoms with Crippen LogP contribution in [0.5, 0.6) is 0 Å². The van der Waals surface area contributed by atoms with E-state index in [9.17, 15) is 4.79 Å². The Hall–Kier alpha value is -2.21. The number of carbonyl (C=O) groups is 1. The second-order valence-electron chi connectivity index (χ2n) is 5.84. The van der Waals surface area contributed by atoms with Crippen molar-refractivity contribution in [2.45, 2.75) is 38.8 Å². The molecule has 1 aliphatic heterocycles. The van der Waals surface area contributed by atoms with Gasteiger partial charge in [0.05, 0.1) is 30.5 Å². The number of nitrogens with zero attached hydrogens (tertiary/aromatic N) is 3. The zero-order chi connectivity index (χ0) is 16.1. The van der Waals surface area contributed by atoms with E-state index in [0.717, 1.165) is 37.1 Å². The Bertz CT molecular complexity index is 641. The minimum absolute atomic E-state index is 0.0237. The number of anilines is 1. The number of rotatable bonds is 5. The highest BCUT2D eigenvalue weighted by Crippen LogP contribution is 2.24. The molecule has 0 aromatic carbocycles. The number of nitrogens with one attached hydrogen (secondary N) is 1. The van der Waals surface area contributed by atoms with Crippen LogP contribution >= 0.6 is 0 Å². The Morgan fingerprint density at radius 1 is 1.43 bits per heavy atom. The summed E-state index contributed by atoms with van der Waals surface area (Å²) in [6.45, 7) is 3.47. The minimum Gasteiger partial charge on any atom is -0.377 e. The second kappa shape index (κ2) is 7.37. The van der Waals surface area contributed by atoms with Gasteiger partial charge in [0.1, 0.15) is 0 Å². The number of hydrogen-bond donors (Lipinski definition) is 1. The van der Waals surface area contributed by atoms with Crippen molar-refractivity contribution in [3.05, 3.63) is 42.5 Å². The molecular formula is C17H22N4O2. The number of hydrogen-bond acceptors (Lipinski definition) is 4. The van der Waals surface area contributed by atoms with Crippen molar-refractivity contribution in [1.82, 2.24) is 14.8 Å². The molecule has 6 heteroatoms. The fraction of sp³-hybridized carbons (Fsp3) is 0.471. The van der Waals surface area contributed by atoms with Gasteiger partial charge in [-0.3, -0.25) is 14.5 Å². The first kappa shape index (κ1) is 15.7. The normalized spacial score (nSPS) is 21.1. The molecule has 1 aliphatic rings. The van der Waals surface area contributed by atoms with Gasteiger partial charge in [-0.1, -0.05) is 6.92 Å². The third-order valence-electron chi connectivity index (χ3n) is 4.17. The molecular weight excluding hydrogens is 292 g/mol. The summed E-state index contributed by atoms with van der Waals surface area (Å²) in [5.41, 5.74) is 1.84. The summed E-state index contributed by atoms with van der Waals surface area (Å²) >= 11 is 0. The molecule has 2 atom stereocenters. The summed E-state index contributed by atoms with van der Waals surface area (Å²) in [7, 11) is 0. The molecule has 2 unspecified atom stereocenters. The fourth-order valence-electron chi connectivity index (χ4n) is 2.97. The van der Waals surface area contributed by atoms with Crippen LogP contribution in [-0.4, -0.2) is 33.4 Å². The summed E-state index contributed by atoms with van der Waals surface area (Å²) in [6.07, 6.45) is 9.76. The second-order valence-corrected chi connectivity index (χ2v) is 5.84. The molecule has 0 saturated carbocycles. The van der Waals surface area contributed by atoms with Crippen LogP contribution in [0.1, 0.15) is 31.7 Å². The van der Waals surface area contributed by atoms with Crippen molar-refractivity contribution in [2.24, 2.45) is 5.92 Å². The summed E-state index contributed by atoms with van der Waals surface area (Å²) < 4.78 is 7.50. The van der Waals surface area contributed by atoms with Crippen molar-refractivity contribution in [3.63, 3.8) is 0 Å². The van der Waals surface area contributed by atoms with Crippen LogP contribution in [0, 0.1) is 5.92 Å². The molecule has 23 heavy (non-hydrogen) atoms. The molecule has 3 rings (SSSR count). The fourth-order valence-corrected chi connectivity index (χ4v) is 2.97. The number of aromatic nitrogens is 3. The van der Waals surface area contributed by atoms with Gasteiger partial charge in [-0.15, -0.1) is 0 Å². The average Bonchev–Trinajstić information content (AvgIpc) is 3.02. The van der Waals surface area contributed by atoms with Crippen LogP contribution in [0.4, 0.5) is 5.69 Å². The van der Waals surface area contributed by atoms with E-state index in [-0.39, 0.29) is 17.9 Å². The van der Waals surface area contributed by atoms with Crippen LogP contribution in [-0.2, 0) is 16.1 Å².